The first-order valence-corrected chi connectivity index (χ1v) is 11.5. The lowest BCUT2D eigenvalue weighted by Crippen LogP contribution is -2.50. The second-order valence-electron chi connectivity index (χ2n) is 7.01. The summed E-state index contributed by atoms with van der Waals surface area (Å²) in [6.07, 6.45) is -4.56. The normalized spacial score (nSPS) is 15.7. The van der Waals surface area contributed by atoms with E-state index < -0.39 is 27.7 Å². The number of piperazine rings is 1. The molecule has 3 rings (SSSR count). The summed E-state index contributed by atoms with van der Waals surface area (Å²) < 4.78 is 64.8. The Labute approximate surface area is 183 Å². The molecule has 31 heavy (non-hydrogen) atoms. The van der Waals surface area contributed by atoms with E-state index >= 15 is 0 Å². The Morgan fingerprint density at radius 3 is 2.29 bits per heavy atom. The number of carbonyl (C=O) groups is 1. The van der Waals surface area contributed by atoms with Crippen LogP contribution >= 0.6 is 11.6 Å². The maximum absolute atomic E-state index is 12.8. The van der Waals surface area contributed by atoms with Gasteiger partial charge in [-0.1, -0.05) is 17.7 Å². The molecule has 1 N–H and O–H groups in total. The molecule has 0 radical (unpaired) electrons. The molecule has 6 nitrogen and oxygen atoms in total. The van der Waals surface area contributed by atoms with Crippen LogP contribution in [0.1, 0.15) is 15.9 Å². The van der Waals surface area contributed by atoms with Crippen molar-refractivity contribution >= 4 is 33.2 Å². The lowest BCUT2D eigenvalue weighted by atomic mass is 10.1. The number of benzene rings is 2. The average Bonchev–Trinajstić information content (AvgIpc) is 2.74. The third kappa shape index (κ3) is 6.11. The molecule has 1 heterocycles. The fourth-order valence-corrected chi connectivity index (χ4v) is 4.70. The Morgan fingerprint density at radius 1 is 1.03 bits per heavy atom. The zero-order valence-corrected chi connectivity index (χ0v) is 18.0. The van der Waals surface area contributed by atoms with Gasteiger partial charge in [0.25, 0.3) is 5.91 Å². The molecule has 0 spiro atoms. The molecule has 11 heteroatoms. The van der Waals surface area contributed by atoms with Gasteiger partial charge >= 0.3 is 6.18 Å². The molecule has 0 atom stereocenters. The van der Waals surface area contributed by atoms with Crippen molar-refractivity contribution in [2.45, 2.75) is 6.18 Å². The Kier molecular flexibility index (Phi) is 7.13. The Morgan fingerprint density at radius 2 is 1.68 bits per heavy atom. The van der Waals surface area contributed by atoms with Gasteiger partial charge in [-0.3, -0.25) is 4.79 Å². The van der Waals surface area contributed by atoms with Crippen LogP contribution in [0.2, 0.25) is 5.02 Å². The average molecular weight is 476 g/mol. The van der Waals surface area contributed by atoms with Crippen molar-refractivity contribution in [3.63, 3.8) is 0 Å². The van der Waals surface area contributed by atoms with E-state index in [0.29, 0.717) is 31.2 Å². The maximum atomic E-state index is 12.8. The summed E-state index contributed by atoms with van der Waals surface area (Å²) >= 11 is 5.89. The molecular weight excluding hydrogens is 455 g/mol. The third-order valence-electron chi connectivity index (χ3n) is 4.92. The molecule has 1 aliphatic heterocycles. The summed E-state index contributed by atoms with van der Waals surface area (Å²) in [5.74, 6) is -1.09. The summed E-state index contributed by atoms with van der Waals surface area (Å²) in [6, 6.07) is 11.3. The molecule has 1 saturated heterocycles. The minimum absolute atomic E-state index is 0.177. The van der Waals surface area contributed by atoms with Gasteiger partial charge in [-0.25, -0.2) is 8.42 Å². The van der Waals surface area contributed by atoms with Crippen molar-refractivity contribution in [1.82, 2.24) is 9.62 Å². The first-order chi connectivity index (χ1) is 14.6. The third-order valence-corrected chi connectivity index (χ3v) is 7.05. The molecule has 1 aliphatic rings. The van der Waals surface area contributed by atoms with Crippen LogP contribution in [0.4, 0.5) is 18.9 Å². The molecule has 1 fully saturated rings. The van der Waals surface area contributed by atoms with Gasteiger partial charge in [0.1, 0.15) is 0 Å². The number of carbonyl (C=O) groups excluding carboxylic acids is 1. The van der Waals surface area contributed by atoms with Gasteiger partial charge in [0.05, 0.1) is 11.3 Å². The monoisotopic (exact) mass is 475 g/mol. The topological polar surface area (TPSA) is 69.7 Å². The van der Waals surface area contributed by atoms with Gasteiger partial charge in [0.15, 0.2) is 0 Å². The standard InChI is InChI=1S/C20H21ClF3N3O3S/c21-17-4-6-18(7-5-17)26-9-11-27(12-10-26)31(29,30)13-8-25-19(28)15-2-1-3-16(14-15)20(22,23)24/h1-7,14H,8-13H2,(H,25,28). The van der Waals surface area contributed by atoms with E-state index in [1.165, 1.54) is 10.4 Å². The van der Waals surface area contributed by atoms with Crippen LogP contribution in [0.25, 0.3) is 0 Å². The van der Waals surface area contributed by atoms with Crippen molar-refractivity contribution in [2.24, 2.45) is 0 Å². The summed E-state index contributed by atoms with van der Waals surface area (Å²) in [5.41, 5.74) is -0.162. The first-order valence-electron chi connectivity index (χ1n) is 9.50. The van der Waals surface area contributed by atoms with Crippen LogP contribution in [-0.4, -0.2) is 57.1 Å². The quantitative estimate of drug-likeness (QED) is 0.696. The SMILES string of the molecule is O=C(NCCS(=O)(=O)N1CCN(c2ccc(Cl)cc2)CC1)c1cccc(C(F)(F)F)c1. The predicted molar refractivity (Wildman–Crippen MR) is 113 cm³/mol. The van der Waals surface area contributed by atoms with E-state index in [0.717, 1.165) is 23.9 Å². The van der Waals surface area contributed by atoms with Crippen molar-refractivity contribution in [2.75, 3.05) is 43.4 Å². The van der Waals surface area contributed by atoms with Crippen LogP contribution in [-0.2, 0) is 16.2 Å². The largest absolute Gasteiger partial charge is 0.416 e. The lowest BCUT2D eigenvalue weighted by molar-refractivity contribution is -0.137. The zero-order valence-electron chi connectivity index (χ0n) is 16.4. The van der Waals surface area contributed by atoms with Gasteiger partial charge in [-0.2, -0.15) is 17.5 Å². The number of anilines is 1. The fraction of sp³-hybridized carbons (Fsp3) is 0.350. The Hall–Kier alpha value is -2.30. The van der Waals surface area contributed by atoms with Gasteiger partial charge in [0, 0.05) is 49.0 Å². The smallest absolute Gasteiger partial charge is 0.369 e. The van der Waals surface area contributed by atoms with Gasteiger partial charge in [0.2, 0.25) is 10.0 Å². The van der Waals surface area contributed by atoms with Crippen LogP contribution in [0.3, 0.4) is 0 Å². The Balaban J connectivity index is 1.50. The minimum Gasteiger partial charge on any atom is -0.369 e. The van der Waals surface area contributed by atoms with Crippen molar-refractivity contribution in [3.05, 3.63) is 64.7 Å². The summed E-state index contributed by atoms with van der Waals surface area (Å²) in [6.45, 7) is 1.42. The number of hydrogen-bond acceptors (Lipinski definition) is 4. The van der Waals surface area contributed by atoms with Crippen LogP contribution in [0.5, 0.6) is 0 Å². The number of rotatable bonds is 6. The highest BCUT2D eigenvalue weighted by molar-refractivity contribution is 7.89. The van der Waals surface area contributed by atoms with Crippen molar-refractivity contribution < 1.29 is 26.4 Å². The highest BCUT2D eigenvalue weighted by atomic mass is 35.5. The van der Waals surface area contributed by atoms with Gasteiger partial charge < -0.3 is 10.2 Å². The molecule has 0 unspecified atom stereocenters. The fourth-order valence-electron chi connectivity index (χ4n) is 3.24. The molecule has 0 aromatic heterocycles. The minimum atomic E-state index is -4.56. The Bertz CT molecular complexity index is 1020. The van der Waals surface area contributed by atoms with E-state index in [9.17, 15) is 26.4 Å². The number of nitrogens with one attached hydrogen (secondary N) is 1. The van der Waals surface area contributed by atoms with E-state index in [2.05, 4.69) is 10.2 Å². The van der Waals surface area contributed by atoms with E-state index in [-0.39, 0.29) is 17.9 Å². The molecular formula is C20H21ClF3N3O3S. The molecule has 2 aromatic rings. The molecule has 2 aromatic carbocycles. The van der Waals surface area contributed by atoms with E-state index in [1.807, 2.05) is 12.1 Å². The number of halogens is 4. The summed E-state index contributed by atoms with van der Waals surface area (Å²) in [5, 5.41) is 3.00. The van der Waals surface area contributed by atoms with Crippen LogP contribution < -0.4 is 10.2 Å². The van der Waals surface area contributed by atoms with Crippen LogP contribution in [0.15, 0.2) is 48.5 Å². The second kappa shape index (κ2) is 9.46. The zero-order chi connectivity index (χ0) is 22.6. The number of alkyl halides is 3. The van der Waals surface area contributed by atoms with E-state index in [1.54, 1.807) is 12.1 Å². The number of sulfonamides is 1. The molecule has 0 aliphatic carbocycles. The predicted octanol–water partition coefficient (Wildman–Crippen LogP) is 3.24. The maximum Gasteiger partial charge on any atom is 0.416 e. The highest BCUT2D eigenvalue weighted by Gasteiger charge is 2.31. The molecule has 168 valence electrons. The van der Waals surface area contributed by atoms with E-state index in [4.69, 9.17) is 11.6 Å². The second-order valence-corrected chi connectivity index (χ2v) is 9.54. The summed E-state index contributed by atoms with van der Waals surface area (Å²) in [4.78, 5) is 14.2. The number of nitrogens with zero attached hydrogens (tertiary/aromatic N) is 2. The van der Waals surface area contributed by atoms with Gasteiger partial charge in [-0.05, 0) is 42.5 Å². The van der Waals surface area contributed by atoms with Crippen molar-refractivity contribution in [1.29, 1.82) is 0 Å². The molecule has 0 bridgehead atoms. The highest BCUT2D eigenvalue weighted by Crippen LogP contribution is 2.29. The number of hydrogen-bond donors (Lipinski definition) is 1. The lowest BCUT2D eigenvalue weighted by Gasteiger charge is -2.35. The van der Waals surface area contributed by atoms with Gasteiger partial charge in [-0.15, -0.1) is 0 Å². The van der Waals surface area contributed by atoms with Crippen molar-refractivity contribution in [3.8, 4) is 0 Å². The number of amides is 1. The van der Waals surface area contributed by atoms with Crippen LogP contribution in [0, 0.1) is 0 Å². The first kappa shape index (κ1) is 23.4. The molecule has 0 saturated carbocycles. The molecule has 1 amide bonds. The summed E-state index contributed by atoms with van der Waals surface area (Å²) in [7, 11) is -3.61.